The lowest BCUT2D eigenvalue weighted by molar-refractivity contribution is -0.120. The normalized spacial score (nSPS) is 11.8. The van der Waals surface area contributed by atoms with Crippen molar-refractivity contribution in [2.75, 3.05) is 20.1 Å². The average molecular weight is 291 g/mol. The summed E-state index contributed by atoms with van der Waals surface area (Å²) < 4.78 is 25.9. The molecular weight excluding hydrogens is 274 g/mol. The molecule has 6 nitrogen and oxygen atoms in total. The highest BCUT2D eigenvalue weighted by Gasteiger charge is 2.26. The Morgan fingerprint density at radius 3 is 2.61 bits per heavy atom. The molecule has 1 heterocycles. The van der Waals surface area contributed by atoms with Gasteiger partial charge in [-0.3, -0.25) is 4.79 Å². The van der Waals surface area contributed by atoms with E-state index in [1.165, 1.54) is 13.1 Å². The first-order valence-electron chi connectivity index (χ1n) is 5.45. The molecule has 18 heavy (non-hydrogen) atoms. The number of sulfonamides is 1. The van der Waals surface area contributed by atoms with E-state index in [-0.39, 0.29) is 23.2 Å². The van der Waals surface area contributed by atoms with Crippen molar-refractivity contribution in [3.63, 3.8) is 0 Å². The van der Waals surface area contributed by atoms with Gasteiger partial charge in [-0.05, 0) is 12.1 Å². The van der Waals surface area contributed by atoms with Gasteiger partial charge in [-0.15, -0.1) is 11.3 Å². The van der Waals surface area contributed by atoms with Gasteiger partial charge in [0.15, 0.2) is 0 Å². The van der Waals surface area contributed by atoms with E-state index in [9.17, 15) is 13.2 Å². The number of carbonyl (C=O) groups is 1. The summed E-state index contributed by atoms with van der Waals surface area (Å²) in [5.74, 6) is -0.337. The van der Waals surface area contributed by atoms with Crippen LogP contribution in [0.5, 0.6) is 0 Å². The minimum atomic E-state index is -3.61. The fourth-order valence-corrected chi connectivity index (χ4v) is 4.13. The molecule has 3 N–H and O–H groups in total. The third-order valence-electron chi connectivity index (χ3n) is 2.38. The van der Waals surface area contributed by atoms with Gasteiger partial charge in [0.2, 0.25) is 5.91 Å². The molecule has 0 aliphatic heterocycles. The number of hydrogen-bond donors (Lipinski definition) is 2. The number of amides is 1. The summed E-state index contributed by atoms with van der Waals surface area (Å²) in [6.45, 7) is 2.07. The van der Waals surface area contributed by atoms with Crippen LogP contribution in [0, 0.1) is 0 Å². The Labute approximate surface area is 111 Å². The molecule has 8 heteroatoms. The monoisotopic (exact) mass is 291 g/mol. The standard InChI is InChI=1S/C10H17N3O3S2/c1-3-13(7-9(14)12-2)18(15,16)10-5-4-8(6-11)17-10/h4-5H,3,6-7,11H2,1-2H3,(H,12,14). The highest BCUT2D eigenvalue weighted by molar-refractivity contribution is 7.91. The molecule has 0 radical (unpaired) electrons. The second-order valence-electron chi connectivity index (χ2n) is 3.53. The molecule has 1 aromatic rings. The molecule has 1 aromatic heterocycles. The van der Waals surface area contributed by atoms with Crippen LogP contribution >= 0.6 is 11.3 Å². The Hall–Kier alpha value is -0.960. The Kier molecular flexibility index (Phi) is 5.27. The van der Waals surface area contributed by atoms with Gasteiger partial charge in [0.1, 0.15) is 4.21 Å². The topological polar surface area (TPSA) is 92.5 Å². The fourth-order valence-electron chi connectivity index (χ4n) is 1.34. The number of nitrogens with two attached hydrogens (primary N) is 1. The Balaban J connectivity index is 2.99. The first kappa shape index (κ1) is 15.1. The first-order valence-corrected chi connectivity index (χ1v) is 7.70. The highest BCUT2D eigenvalue weighted by atomic mass is 32.2. The predicted molar refractivity (Wildman–Crippen MR) is 70.7 cm³/mol. The number of likely N-dealkylation sites (N-methyl/N-ethyl adjacent to an activating group) is 2. The number of carbonyl (C=O) groups excluding carboxylic acids is 1. The molecule has 0 unspecified atom stereocenters. The lowest BCUT2D eigenvalue weighted by Gasteiger charge is -2.18. The zero-order valence-electron chi connectivity index (χ0n) is 10.3. The third-order valence-corrected chi connectivity index (χ3v) is 5.88. The SMILES string of the molecule is CCN(CC(=O)NC)S(=O)(=O)c1ccc(CN)s1. The Morgan fingerprint density at radius 2 is 2.17 bits per heavy atom. The van der Waals surface area contributed by atoms with Crippen LogP contribution in [-0.4, -0.2) is 38.8 Å². The summed E-state index contributed by atoms with van der Waals surface area (Å²) in [4.78, 5) is 12.1. The largest absolute Gasteiger partial charge is 0.358 e. The maximum Gasteiger partial charge on any atom is 0.253 e. The number of nitrogens with one attached hydrogen (secondary N) is 1. The zero-order chi connectivity index (χ0) is 13.8. The molecule has 0 bridgehead atoms. The maximum atomic E-state index is 12.3. The summed E-state index contributed by atoms with van der Waals surface area (Å²) in [5.41, 5.74) is 5.46. The summed E-state index contributed by atoms with van der Waals surface area (Å²) in [7, 11) is -2.14. The summed E-state index contributed by atoms with van der Waals surface area (Å²) >= 11 is 1.13. The molecule has 0 aromatic carbocycles. The lowest BCUT2D eigenvalue weighted by atomic mass is 10.5. The molecule has 0 saturated carbocycles. The quantitative estimate of drug-likeness (QED) is 0.769. The highest BCUT2D eigenvalue weighted by Crippen LogP contribution is 2.24. The molecule has 1 rings (SSSR count). The molecule has 1 amide bonds. The van der Waals surface area contributed by atoms with Gasteiger partial charge < -0.3 is 11.1 Å². The maximum absolute atomic E-state index is 12.3. The van der Waals surface area contributed by atoms with Crippen molar-refractivity contribution in [3.05, 3.63) is 17.0 Å². The number of hydrogen-bond acceptors (Lipinski definition) is 5. The molecule has 0 fully saturated rings. The van der Waals surface area contributed by atoms with Crippen LogP contribution in [0.2, 0.25) is 0 Å². The molecule has 0 aliphatic carbocycles. The number of thiophene rings is 1. The minimum Gasteiger partial charge on any atom is -0.358 e. The van der Waals surface area contributed by atoms with Crippen molar-refractivity contribution in [1.29, 1.82) is 0 Å². The Morgan fingerprint density at radius 1 is 1.50 bits per heavy atom. The fraction of sp³-hybridized carbons (Fsp3) is 0.500. The van der Waals surface area contributed by atoms with Crippen molar-refractivity contribution in [2.24, 2.45) is 5.73 Å². The van der Waals surface area contributed by atoms with Crippen LogP contribution in [0.4, 0.5) is 0 Å². The third kappa shape index (κ3) is 3.29. The lowest BCUT2D eigenvalue weighted by Crippen LogP contribution is -2.39. The van der Waals surface area contributed by atoms with E-state index in [1.807, 2.05) is 0 Å². The van der Waals surface area contributed by atoms with Crippen molar-refractivity contribution in [2.45, 2.75) is 17.7 Å². The number of nitrogens with zero attached hydrogens (tertiary/aromatic N) is 1. The van der Waals surface area contributed by atoms with Gasteiger partial charge in [0.05, 0.1) is 6.54 Å². The first-order chi connectivity index (χ1) is 8.45. The van der Waals surface area contributed by atoms with E-state index in [1.54, 1.807) is 13.0 Å². The van der Waals surface area contributed by atoms with Gasteiger partial charge in [0, 0.05) is 25.0 Å². The van der Waals surface area contributed by atoms with Crippen LogP contribution in [0.25, 0.3) is 0 Å². The van der Waals surface area contributed by atoms with Gasteiger partial charge in [-0.25, -0.2) is 8.42 Å². The van der Waals surface area contributed by atoms with Crippen LogP contribution < -0.4 is 11.1 Å². The van der Waals surface area contributed by atoms with Gasteiger partial charge in [-0.2, -0.15) is 4.31 Å². The zero-order valence-corrected chi connectivity index (χ0v) is 12.0. The van der Waals surface area contributed by atoms with E-state index in [2.05, 4.69) is 5.32 Å². The van der Waals surface area contributed by atoms with E-state index < -0.39 is 10.0 Å². The Bertz CT molecular complexity index is 510. The van der Waals surface area contributed by atoms with E-state index in [0.29, 0.717) is 6.54 Å². The second kappa shape index (κ2) is 6.28. The second-order valence-corrected chi connectivity index (χ2v) is 6.86. The van der Waals surface area contributed by atoms with Crippen molar-refractivity contribution in [1.82, 2.24) is 9.62 Å². The summed E-state index contributed by atoms with van der Waals surface area (Å²) in [6, 6.07) is 3.21. The van der Waals surface area contributed by atoms with Crippen LogP contribution in [0.1, 0.15) is 11.8 Å². The van der Waals surface area contributed by atoms with Gasteiger partial charge in [0.25, 0.3) is 10.0 Å². The summed E-state index contributed by atoms with van der Waals surface area (Å²) in [5, 5.41) is 2.41. The molecule has 102 valence electrons. The average Bonchev–Trinajstić information content (AvgIpc) is 2.84. The smallest absolute Gasteiger partial charge is 0.253 e. The van der Waals surface area contributed by atoms with Gasteiger partial charge >= 0.3 is 0 Å². The van der Waals surface area contributed by atoms with Crippen LogP contribution in [0.3, 0.4) is 0 Å². The van der Waals surface area contributed by atoms with E-state index in [0.717, 1.165) is 20.5 Å². The summed E-state index contributed by atoms with van der Waals surface area (Å²) in [6.07, 6.45) is 0. The van der Waals surface area contributed by atoms with Crippen LogP contribution in [0.15, 0.2) is 16.3 Å². The molecule has 0 saturated heterocycles. The van der Waals surface area contributed by atoms with Gasteiger partial charge in [-0.1, -0.05) is 6.92 Å². The van der Waals surface area contributed by atoms with Crippen LogP contribution in [-0.2, 0) is 21.4 Å². The molecule has 0 spiro atoms. The number of rotatable bonds is 6. The van der Waals surface area contributed by atoms with Crippen molar-refractivity contribution < 1.29 is 13.2 Å². The molecule has 0 aliphatic rings. The van der Waals surface area contributed by atoms with E-state index in [4.69, 9.17) is 5.73 Å². The van der Waals surface area contributed by atoms with Crippen molar-refractivity contribution >= 4 is 27.3 Å². The molecular formula is C10H17N3O3S2. The predicted octanol–water partition coefficient (Wildman–Crippen LogP) is -0.0366. The van der Waals surface area contributed by atoms with Crippen molar-refractivity contribution in [3.8, 4) is 0 Å². The van der Waals surface area contributed by atoms with E-state index >= 15 is 0 Å². The molecule has 0 atom stereocenters. The minimum absolute atomic E-state index is 0.175.